The van der Waals surface area contributed by atoms with Crippen LogP contribution in [0, 0.1) is 0 Å². The summed E-state index contributed by atoms with van der Waals surface area (Å²) in [6.07, 6.45) is 2.18. The van der Waals surface area contributed by atoms with Crippen molar-refractivity contribution < 1.29 is 13.2 Å². The van der Waals surface area contributed by atoms with Crippen LogP contribution in [-0.2, 0) is 9.84 Å². The average molecular weight is 352 g/mol. The number of nitrogens with one attached hydrogen (secondary N) is 1. The second kappa shape index (κ2) is 7.06. The number of nitrogens with zero attached hydrogens (tertiary/aromatic N) is 3. The predicted octanol–water partition coefficient (Wildman–Crippen LogP) is 0.458. The van der Waals surface area contributed by atoms with Crippen molar-refractivity contribution in [2.24, 2.45) is 0 Å². The van der Waals surface area contributed by atoms with E-state index in [9.17, 15) is 13.2 Å². The number of likely N-dealkylation sites (N-methyl/N-ethyl adjacent to an activating group) is 1. The van der Waals surface area contributed by atoms with Crippen molar-refractivity contribution >= 4 is 21.6 Å². The van der Waals surface area contributed by atoms with Gasteiger partial charge in [-0.2, -0.15) is 0 Å². The highest BCUT2D eigenvalue weighted by atomic mass is 32.2. The number of carbonyl (C=O) groups is 1. The van der Waals surface area contributed by atoms with Crippen LogP contribution in [0.4, 0.5) is 5.82 Å². The van der Waals surface area contributed by atoms with Gasteiger partial charge in [-0.1, -0.05) is 6.92 Å². The fourth-order valence-electron chi connectivity index (χ4n) is 3.21. The van der Waals surface area contributed by atoms with Crippen LogP contribution in [0.15, 0.2) is 18.3 Å². The molecule has 0 radical (unpaired) electrons. The van der Waals surface area contributed by atoms with E-state index in [1.807, 2.05) is 4.90 Å². The minimum Gasteiger partial charge on any atom is -0.366 e. The van der Waals surface area contributed by atoms with Gasteiger partial charge in [0.15, 0.2) is 9.84 Å². The van der Waals surface area contributed by atoms with Gasteiger partial charge in [-0.05, 0) is 25.1 Å². The first-order chi connectivity index (χ1) is 11.5. The van der Waals surface area contributed by atoms with Gasteiger partial charge >= 0.3 is 0 Å². The summed E-state index contributed by atoms with van der Waals surface area (Å²) in [6.45, 7) is 6.41. The van der Waals surface area contributed by atoms with Gasteiger partial charge in [-0.3, -0.25) is 4.79 Å². The molecule has 2 aliphatic rings. The quantitative estimate of drug-likeness (QED) is 0.848. The Morgan fingerprint density at radius 2 is 2.08 bits per heavy atom. The molecule has 0 saturated carbocycles. The molecule has 1 aromatic rings. The first-order valence-electron chi connectivity index (χ1n) is 8.41. The Morgan fingerprint density at radius 3 is 2.71 bits per heavy atom. The zero-order chi connectivity index (χ0) is 17.2. The molecular formula is C16H24N4O3S. The fourth-order valence-corrected chi connectivity index (χ4v) is 4.88. The van der Waals surface area contributed by atoms with Gasteiger partial charge in [0.05, 0.1) is 11.5 Å². The van der Waals surface area contributed by atoms with Crippen LogP contribution in [0.25, 0.3) is 0 Å². The largest absolute Gasteiger partial charge is 0.366 e. The van der Waals surface area contributed by atoms with Crippen LogP contribution in [0.3, 0.4) is 0 Å². The Morgan fingerprint density at radius 1 is 1.33 bits per heavy atom. The van der Waals surface area contributed by atoms with E-state index < -0.39 is 9.84 Å². The molecule has 7 nitrogen and oxygen atoms in total. The molecule has 1 aromatic heterocycles. The van der Waals surface area contributed by atoms with E-state index in [4.69, 9.17) is 0 Å². The molecular weight excluding hydrogens is 328 g/mol. The van der Waals surface area contributed by atoms with Crippen LogP contribution in [0.2, 0.25) is 0 Å². The molecule has 1 N–H and O–H groups in total. The maximum Gasteiger partial charge on any atom is 0.254 e. The summed E-state index contributed by atoms with van der Waals surface area (Å²) in [6, 6.07) is 3.31. The number of carbonyl (C=O) groups excluding carboxylic acids is 1. The highest BCUT2D eigenvalue weighted by Crippen LogP contribution is 2.18. The normalized spacial score (nSPS) is 24.0. The molecule has 0 aromatic carbocycles. The summed E-state index contributed by atoms with van der Waals surface area (Å²) in [5, 5.41) is 3.14. The molecule has 1 unspecified atom stereocenters. The number of rotatable bonds is 4. The van der Waals surface area contributed by atoms with E-state index in [1.54, 1.807) is 18.3 Å². The summed E-state index contributed by atoms with van der Waals surface area (Å²) >= 11 is 0. The lowest BCUT2D eigenvalue weighted by Crippen LogP contribution is -2.48. The monoisotopic (exact) mass is 352 g/mol. The van der Waals surface area contributed by atoms with Gasteiger partial charge in [-0.25, -0.2) is 13.4 Å². The van der Waals surface area contributed by atoms with Gasteiger partial charge < -0.3 is 15.1 Å². The van der Waals surface area contributed by atoms with E-state index >= 15 is 0 Å². The maximum atomic E-state index is 12.6. The van der Waals surface area contributed by atoms with Crippen LogP contribution in [0.1, 0.15) is 23.7 Å². The molecule has 3 heterocycles. The summed E-state index contributed by atoms with van der Waals surface area (Å²) in [7, 11) is -2.94. The molecule has 2 fully saturated rings. The number of anilines is 1. The summed E-state index contributed by atoms with van der Waals surface area (Å²) in [5.74, 6) is 0.919. The van der Waals surface area contributed by atoms with Crippen molar-refractivity contribution in [2.75, 3.05) is 49.5 Å². The van der Waals surface area contributed by atoms with Crippen LogP contribution >= 0.6 is 0 Å². The smallest absolute Gasteiger partial charge is 0.254 e. The van der Waals surface area contributed by atoms with Gasteiger partial charge in [0, 0.05) is 44.0 Å². The number of hydrogen-bond acceptors (Lipinski definition) is 6. The number of amides is 1. The van der Waals surface area contributed by atoms with Crippen molar-refractivity contribution in [3.63, 3.8) is 0 Å². The van der Waals surface area contributed by atoms with Gasteiger partial charge in [-0.15, -0.1) is 0 Å². The van der Waals surface area contributed by atoms with Crippen LogP contribution < -0.4 is 5.32 Å². The first kappa shape index (κ1) is 17.2. The highest BCUT2D eigenvalue weighted by Gasteiger charge is 2.28. The second-order valence-electron chi connectivity index (χ2n) is 6.40. The van der Waals surface area contributed by atoms with Crippen LogP contribution in [-0.4, -0.2) is 79.4 Å². The van der Waals surface area contributed by atoms with Crippen LogP contribution in [0.5, 0.6) is 0 Å². The number of sulfone groups is 1. The molecule has 1 amide bonds. The molecule has 2 aliphatic heterocycles. The number of pyridine rings is 1. The fraction of sp³-hybridized carbons (Fsp3) is 0.625. The lowest BCUT2D eigenvalue weighted by molar-refractivity contribution is 0.0643. The molecule has 0 spiro atoms. The Kier molecular flexibility index (Phi) is 5.05. The third-order valence-corrected chi connectivity index (χ3v) is 6.47. The average Bonchev–Trinajstić information content (AvgIpc) is 2.93. The first-order valence-corrected chi connectivity index (χ1v) is 10.2. The topological polar surface area (TPSA) is 82.6 Å². The third-order valence-electron chi connectivity index (χ3n) is 4.70. The van der Waals surface area contributed by atoms with Crippen molar-refractivity contribution in [1.82, 2.24) is 14.8 Å². The molecule has 132 valence electrons. The van der Waals surface area contributed by atoms with Gasteiger partial charge in [0.25, 0.3) is 5.91 Å². The highest BCUT2D eigenvalue weighted by molar-refractivity contribution is 7.91. The summed E-state index contributed by atoms with van der Waals surface area (Å²) in [5.41, 5.74) is 0.596. The Bertz CT molecular complexity index is 699. The Hall–Kier alpha value is -1.67. The van der Waals surface area contributed by atoms with Gasteiger partial charge in [0.1, 0.15) is 5.82 Å². The molecule has 1 atom stereocenters. The summed E-state index contributed by atoms with van der Waals surface area (Å²) in [4.78, 5) is 21.1. The number of hydrogen-bond donors (Lipinski definition) is 1. The molecule has 3 rings (SSSR count). The van der Waals surface area contributed by atoms with E-state index in [1.165, 1.54) is 0 Å². The van der Waals surface area contributed by atoms with E-state index in [0.717, 1.165) is 32.7 Å². The minimum absolute atomic E-state index is 0.00949. The van der Waals surface area contributed by atoms with E-state index in [2.05, 4.69) is 22.1 Å². The maximum absolute atomic E-state index is 12.6. The minimum atomic E-state index is -2.94. The zero-order valence-electron chi connectivity index (χ0n) is 13.9. The van der Waals surface area contributed by atoms with Crippen molar-refractivity contribution in [3.8, 4) is 0 Å². The summed E-state index contributed by atoms with van der Waals surface area (Å²) < 4.78 is 23.1. The third kappa shape index (κ3) is 4.05. The molecule has 8 heteroatoms. The lowest BCUT2D eigenvalue weighted by atomic mass is 10.2. The standard InChI is InChI=1S/C16H24N4O3S/c1-2-19-6-8-20(9-7-19)16(21)13-3-5-17-15(11-13)18-14-4-10-24(22,23)12-14/h3,5,11,14H,2,4,6-10,12H2,1H3,(H,17,18). The number of aromatic nitrogens is 1. The predicted molar refractivity (Wildman–Crippen MR) is 92.9 cm³/mol. The van der Waals surface area contributed by atoms with Gasteiger partial charge in [0.2, 0.25) is 0 Å². The van der Waals surface area contributed by atoms with Crippen molar-refractivity contribution in [1.29, 1.82) is 0 Å². The SMILES string of the molecule is CCN1CCN(C(=O)c2ccnc(NC3CCS(=O)(=O)C3)c2)CC1. The Balaban J connectivity index is 1.64. The molecule has 0 bridgehead atoms. The second-order valence-corrected chi connectivity index (χ2v) is 8.63. The lowest BCUT2D eigenvalue weighted by Gasteiger charge is -2.34. The zero-order valence-corrected chi connectivity index (χ0v) is 14.8. The van der Waals surface area contributed by atoms with Crippen molar-refractivity contribution in [2.45, 2.75) is 19.4 Å². The van der Waals surface area contributed by atoms with Crippen molar-refractivity contribution in [3.05, 3.63) is 23.9 Å². The Labute approximate surface area is 143 Å². The molecule has 0 aliphatic carbocycles. The van der Waals surface area contributed by atoms with E-state index in [-0.39, 0.29) is 23.5 Å². The molecule has 24 heavy (non-hydrogen) atoms. The van der Waals surface area contributed by atoms with E-state index in [0.29, 0.717) is 17.8 Å². The molecule has 2 saturated heterocycles. The number of piperazine rings is 1.